The molecule has 0 radical (unpaired) electrons. The van der Waals surface area contributed by atoms with Crippen molar-refractivity contribution in [2.24, 2.45) is 0 Å². The van der Waals surface area contributed by atoms with Crippen LogP contribution in [-0.4, -0.2) is 53.6 Å². The van der Waals surface area contributed by atoms with Gasteiger partial charge >= 0.3 is 5.97 Å². The van der Waals surface area contributed by atoms with Crippen LogP contribution in [0, 0.1) is 0 Å². The number of aliphatic carboxylic acids is 1. The van der Waals surface area contributed by atoms with Crippen molar-refractivity contribution >= 4 is 12.0 Å². The average molecular weight is 260 g/mol. The van der Waals surface area contributed by atoms with Crippen molar-refractivity contribution in [2.45, 2.75) is 6.54 Å². The molecule has 1 heterocycles. The molecule has 0 unspecified atom stereocenters. The molecule has 1 aliphatic heterocycles. The fraction of sp³-hybridized carbons (Fsp3) is 0.400. The predicted molar refractivity (Wildman–Crippen MR) is 75.9 cm³/mol. The Labute approximate surface area is 113 Å². The fourth-order valence-electron chi connectivity index (χ4n) is 2.31. The van der Waals surface area contributed by atoms with Crippen LogP contribution in [0.2, 0.25) is 0 Å². The lowest BCUT2D eigenvalue weighted by Crippen LogP contribution is -2.47. The molecule has 1 fully saturated rings. The Balaban J connectivity index is 1.81. The van der Waals surface area contributed by atoms with Crippen molar-refractivity contribution in [3.63, 3.8) is 0 Å². The van der Waals surface area contributed by atoms with Crippen molar-refractivity contribution in [1.29, 1.82) is 0 Å². The second-order valence-electron chi connectivity index (χ2n) is 4.89. The number of hydrogen-bond donors (Lipinski definition) is 1. The summed E-state index contributed by atoms with van der Waals surface area (Å²) < 4.78 is 0. The van der Waals surface area contributed by atoms with E-state index in [4.69, 9.17) is 5.11 Å². The van der Waals surface area contributed by atoms with Gasteiger partial charge in [0, 0.05) is 32.7 Å². The summed E-state index contributed by atoms with van der Waals surface area (Å²) in [5, 5.41) is 8.75. The highest BCUT2D eigenvalue weighted by Crippen LogP contribution is 2.10. The van der Waals surface area contributed by atoms with Crippen molar-refractivity contribution in [3.05, 3.63) is 42.0 Å². The highest BCUT2D eigenvalue weighted by molar-refractivity contribution is 5.69. The maximum Gasteiger partial charge on any atom is 0.317 e. The summed E-state index contributed by atoms with van der Waals surface area (Å²) in [4.78, 5) is 15.0. The topological polar surface area (TPSA) is 43.8 Å². The Kier molecular flexibility index (Phi) is 4.71. The summed E-state index contributed by atoms with van der Waals surface area (Å²) in [6.07, 6.45) is 1.84. The first-order valence-corrected chi connectivity index (χ1v) is 6.55. The molecule has 102 valence electrons. The molecule has 0 atom stereocenters. The lowest BCUT2D eigenvalue weighted by atomic mass is 10.1. The first-order valence-electron chi connectivity index (χ1n) is 6.55. The minimum atomic E-state index is -0.742. The van der Waals surface area contributed by atoms with E-state index in [0.717, 1.165) is 38.3 Å². The zero-order valence-electron chi connectivity index (χ0n) is 11.1. The first kappa shape index (κ1) is 13.8. The van der Waals surface area contributed by atoms with Crippen LogP contribution in [0.1, 0.15) is 11.1 Å². The van der Waals surface area contributed by atoms with Crippen LogP contribution in [0.4, 0.5) is 0 Å². The van der Waals surface area contributed by atoms with Gasteiger partial charge in [-0.25, -0.2) is 0 Å². The van der Waals surface area contributed by atoms with Gasteiger partial charge in [-0.2, -0.15) is 0 Å². The smallest absolute Gasteiger partial charge is 0.317 e. The van der Waals surface area contributed by atoms with Gasteiger partial charge < -0.3 is 5.11 Å². The quantitative estimate of drug-likeness (QED) is 0.872. The Morgan fingerprint density at radius 2 is 1.74 bits per heavy atom. The molecule has 4 nitrogen and oxygen atoms in total. The molecule has 1 N–H and O–H groups in total. The molecule has 19 heavy (non-hydrogen) atoms. The van der Waals surface area contributed by atoms with E-state index in [1.54, 1.807) is 0 Å². The predicted octanol–water partition coefficient (Wildman–Crippen LogP) is 1.53. The summed E-state index contributed by atoms with van der Waals surface area (Å²) in [6, 6.07) is 8.40. The van der Waals surface area contributed by atoms with Crippen LogP contribution in [0.5, 0.6) is 0 Å². The average Bonchev–Trinajstić information content (AvgIpc) is 2.41. The van der Waals surface area contributed by atoms with Gasteiger partial charge in [0.25, 0.3) is 0 Å². The number of carboxylic acids is 1. The van der Waals surface area contributed by atoms with E-state index >= 15 is 0 Å². The molecule has 4 heteroatoms. The molecular formula is C15H20N2O2. The molecule has 1 aromatic rings. The normalized spacial score (nSPS) is 17.3. The molecule has 0 bridgehead atoms. The number of benzene rings is 1. The van der Waals surface area contributed by atoms with Gasteiger partial charge in [0.05, 0.1) is 6.54 Å². The van der Waals surface area contributed by atoms with Crippen LogP contribution in [-0.2, 0) is 11.3 Å². The van der Waals surface area contributed by atoms with Crippen molar-refractivity contribution in [2.75, 3.05) is 32.7 Å². The number of carboxylic acid groups (broad SMARTS) is 1. The van der Waals surface area contributed by atoms with Gasteiger partial charge in [0.15, 0.2) is 0 Å². The minimum Gasteiger partial charge on any atom is -0.480 e. The van der Waals surface area contributed by atoms with E-state index in [1.165, 1.54) is 5.56 Å². The number of piperazine rings is 1. The number of nitrogens with zero attached hydrogens (tertiary/aromatic N) is 2. The van der Waals surface area contributed by atoms with Gasteiger partial charge in [0.1, 0.15) is 0 Å². The van der Waals surface area contributed by atoms with Crippen LogP contribution >= 0.6 is 0 Å². The standard InChI is InChI=1S/C15H20N2O2/c1-2-13-3-5-14(6-4-13)11-16-7-9-17(10-8-16)12-15(18)19/h2-6H,1,7-12H2,(H,18,19). The maximum atomic E-state index is 10.6. The molecule has 0 amide bonds. The molecule has 0 saturated carbocycles. The van der Waals surface area contributed by atoms with E-state index in [1.807, 2.05) is 11.0 Å². The third-order valence-electron chi connectivity index (χ3n) is 3.45. The third-order valence-corrected chi connectivity index (χ3v) is 3.45. The lowest BCUT2D eigenvalue weighted by molar-refractivity contribution is -0.138. The van der Waals surface area contributed by atoms with E-state index in [2.05, 4.69) is 35.7 Å². The summed E-state index contributed by atoms with van der Waals surface area (Å²) in [5.41, 5.74) is 2.42. The zero-order chi connectivity index (χ0) is 13.7. The van der Waals surface area contributed by atoms with Crippen LogP contribution in [0.15, 0.2) is 30.8 Å². The molecule has 1 aromatic carbocycles. The summed E-state index contributed by atoms with van der Waals surface area (Å²) >= 11 is 0. The molecule has 1 saturated heterocycles. The van der Waals surface area contributed by atoms with Gasteiger partial charge in [-0.1, -0.05) is 36.9 Å². The van der Waals surface area contributed by atoms with E-state index in [0.29, 0.717) is 0 Å². The summed E-state index contributed by atoms with van der Waals surface area (Å²) in [7, 11) is 0. The molecule has 2 rings (SSSR count). The van der Waals surface area contributed by atoms with Gasteiger partial charge in [0.2, 0.25) is 0 Å². The molecular weight excluding hydrogens is 240 g/mol. The zero-order valence-corrected chi connectivity index (χ0v) is 11.1. The van der Waals surface area contributed by atoms with Crippen LogP contribution < -0.4 is 0 Å². The first-order chi connectivity index (χ1) is 9.17. The number of rotatable bonds is 5. The molecule has 1 aliphatic rings. The highest BCUT2D eigenvalue weighted by Gasteiger charge is 2.18. The Bertz CT molecular complexity index is 434. The van der Waals surface area contributed by atoms with Gasteiger partial charge in [-0.3, -0.25) is 14.6 Å². The Morgan fingerprint density at radius 1 is 1.16 bits per heavy atom. The van der Waals surface area contributed by atoms with Crippen molar-refractivity contribution in [3.8, 4) is 0 Å². The number of hydrogen-bond acceptors (Lipinski definition) is 3. The largest absolute Gasteiger partial charge is 0.480 e. The Morgan fingerprint density at radius 3 is 2.26 bits per heavy atom. The minimum absolute atomic E-state index is 0.155. The van der Waals surface area contributed by atoms with E-state index in [-0.39, 0.29) is 6.54 Å². The van der Waals surface area contributed by atoms with Crippen LogP contribution in [0.25, 0.3) is 6.08 Å². The molecule has 0 spiro atoms. The fourth-order valence-corrected chi connectivity index (χ4v) is 2.31. The summed E-state index contributed by atoms with van der Waals surface area (Å²) in [6.45, 7) is 8.34. The van der Waals surface area contributed by atoms with Gasteiger partial charge in [-0.15, -0.1) is 0 Å². The van der Waals surface area contributed by atoms with Crippen molar-refractivity contribution < 1.29 is 9.90 Å². The van der Waals surface area contributed by atoms with Crippen LogP contribution in [0.3, 0.4) is 0 Å². The van der Waals surface area contributed by atoms with E-state index in [9.17, 15) is 4.79 Å². The van der Waals surface area contributed by atoms with Crippen molar-refractivity contribution in [1.82, 2.24) is 9.80 Å². The Hall–Kier alpha value is -1.65. The summed E-state index contributed by atoms with van der Waals surface area (Å²) in [5.74, 6) is -0.742. The molecule has 0 aromatic heterocycles. The lowest BCUT2D eigenvalue weighted by Gasteiger charge is -2.33. The number of carbonyl (C=O) groups is 1. The maximum absolute atomic E-state index is 10.6. The third kappa shape index (κ3) is 4.19. The highest BCUT2D eigenvalue weighted by atomic mass is 16.4. The van der Waals surface area contributed by atoms with Gasteiger partial charge in [-0.05, 0) is 11.1 Å². The monoisotopic (exact) mass is 260 g/mol. The second kappa shape index (κ2) is 6.50. The SMILES string of the molecule is C=Cc1ccc(CN2CCN(CC(=O)O)CC2)cc1. The molecule has 0 aliphatic carbocycles. The van der Waals surface area contributed by atoms with E-state index < -0.39 is 5.97 Å². The second-order valence-corrected chi connectivity index (χ2v) is 4.89.